The van der Waals surface area contributed by atoms with Gasteiger partial charge in [-0.3, -0.25) is 0 Å². The van der Waals surface area contributed by atoms with E-state index in [2.05, 4.69) is 36.3 Å². The van der Waals surface area contributed by atoms with Crippen LogP contribution in [-0.4, -0.2) is 18.2 Å². The molecule has 1 aliphatic heterocycles. The van der Waals surface area contributed by atoms with Gasteiger partial charge in [0.2, 0.25) is 0 Å². The van der Waals surface area contributed by atoms with Gasteiger partial charge in [-0.15, -0.1) is 0 Å². The zero-order chi connectivity index (χ0) is 12.6. The van der Waals surface area contributed by atoms with Crippen LogP contribution < -0.4 is 5.32 Å². The van der Waals surface area contributed by atoms with Gasteiger partial charge in [0.1, 0.15) is 0 Å². The Morgan fingerprint density at radius 1 is 1.06 bits per heavy atom. The summed E-state index contributed by atoms with van der Waals surface area (Å²) in [4.78, 5) is 0. The molecule has 0 aromatic carbocycles. The van der Waals surface area contributed by atoms with E-state index in [1.807, 2.05) is 0 Å². The molecule has 0 saturated carbocycles. The maximum Gasteiger partial charge on any atom is 0.188 e. The molecule has 1 N–H and O–H groups in total. The van der Waals surface area contributed by atoms with Crippen molar-refractivity contribution in [2.24, 2.45) is 10.2 Å². The Bertz CT molecular complexity index is 220. The molecule has 0 radical (unpaired) electrons. The molecule has 0 amide bonds. The third-order valence-corrected chi connectivity index (χ3v) is 3.50. The molecule has 1 atom stereocenters. The number of nitrogens with one attached hydrogen (secondary N) is 1. The standard InChI is InChI=1S/C14H29N3/c1-4-5-6-7-8-10-13(2)15-12-9-11-14(3)16-17-14/h13,15H,4-12H2,1-3H3. The largest absolute Gasteiger partial charge is 0.314 e. The molecule has 0 bridgehead atoms. The first-order chi connectivity index (χ1) is 8.16. The summed E-state index contributed by atoms with van der Waals surface area (Å²) in [5.41, 5.74) is -0.00886. The maximum atomic E-state index is 4.03. The lowest BCUT2D eigenvalue weighted by atomic mass is 10.1. The Kier molecular flexibility index (Phi) is 6.71. The van der Waals surface area contributed by atoms with Gasteiger partial charge in [-0.1, -0.05) is 39.0 Å². The van der Waals surface area contributed by atoms with E-state index < -0.39 is 0 Å². The molecular weight excluding hydrogens is 210 g/mol. The van der Waals surface area contributed by atoms with Crippen molar-refractivity contribution in [3.63, 3.8) is 0 Å². The molecule has 3 heteroatoms. The van der Waals surface area contributed by atoms with E-state index >= 15 is 0 Å². The second kappa shape index (κ2) is 7.80. The van der Waals surface area contributed by atoms with E-state index in [1.165, 1.54) is 44.9 Å². The summed E-state index contributed by atoms with van der Waals surface area (Å²) in [5.74, 6) is 0. The van der Waals surface area contributed by atoms with Gasteiger partial charge in [0.05, 0.1) is 0 Å². The zero-order valence-electron chi connectivity index (χ0n) is 11.8. The summed E-state index contributed by atoms with van der Waals surface area (Å²) in [5, 5.41) is 11.6. The van der Waals surface area contributed by atoms with Crippen LogP contribution in [-0.2, 0) is 0 Å². The number of hydrogen-bond acceptors (Lipinski definition) is 3. The van der Waals surface area contributed by atoms with Crippen LogP contribution in [0, 0.1) is 0 Å². The van der Waals surface area contributed by atoms with Gasteiger partial charge >= 0.3 is 0 Å². The van der Waals surface area contributed by atoms with E-state index in [4.69, 9.17) is 0 Å². The molecule has 1 heterocycles. The van der Waals surface area contributed by atoms with E-state index in [-0.39, 0.29) is 5.66 Å². The highest BCUT2D eigenvalue weighted by atomic mass is 15.4. The van der Waals surface area contributed by atoms with Gasteiger partial charge in [0.15, 0.2) is 5.66 Å². The monoisotopic (exact) mass is 239 g/mol. The van der Waals surface area contributed by atoms with E-state index in [0.29, 0.717) is 6.04 Å². The van der Waals surface area contributed by atoms with Crippen molar-refractivity contribution in [2.75, 3.05) is 6.54 Å². The van der Waals surface area contributed by atoms with Gasteiger partial charge in [-0.2, -0.15) is 10.2 Å². The van der Waals surface area contributed by atoms with E-state index in [9.17, 15) is 0 Å². The molecule has 17 heavy (non-hydrogen) atoms. The van der Waals surface area contributed by atoms with Crippen LogP contribution in [0.3, 0.4) is 0 Å². The maximum absolute atomic E-state index is 4.03. The van der Waals surface area contributed by atoms with Crippen LogP contribution in [0.15, 0.2) is 10.2 Å². The van der Waals surface area contributed by atoms with Crippen LogP contribution in [0.2, 0.25) is 0 Å². The summed E-state index contributed by atoms with van der Waals surface area (Å²) < 4.78 is 0. The predicted molar refractivity (Wildman–Crippen MR) is 73.3 cm³/mol. The number of hydrogen-bond donors (Lipinski definition) is 1. The zero-order valence-corrected chi connectivity index (χ0v) is 11.8. The van der Waals surface area contributed by atoms with Crippen LogP contribution in [0.4, 0.5) is 0 Å². The average molecular weight is 239 g/mol. The fourth-order valence-electron chi connectivity index (χ4n) is 2.11. The lowest BCUT2D eigenvalue weighted by molar-refractivity contribution is 0.457. The summed E-state index contributed by atoms with van der Waals surface area (Å²) in [7, 11) is 0. The number of unbranched alkanes of at least 4 members (excludes halogenated alkanes) is 4. The second-order valence-electron chi connectivity index (χ2n) is 5.58. The molecule has 3 nitrogen and oxygen atoms in total. The van der Waals surface area contributed by atoms with Crippen LogP contribution in [0.1, 0.15) is 72.1 Å². The van der Waals surface area contributed by atoms with Crippen molar-refractivity contribution in [3.05, 3.63) is 0 Å². The first-order valence-electron chi connectivity index (χ1n) is 7.34. The van der Waals surface area contributed by atoms with Crippen LogP contribution in [0.25, 0.3) is 0 Å². The molecule has 0 spiro atoms. The fraction of sp³-hybridized carbons (Fsp3) is 1.00. The third-order valence-electron chi connectivity index (χ3n) is 3.50. The molecule has 0 saturated heterocycles. The molecule has 0 aliphatic carbocycles. The Morgan fingerprint density at radius 2 is 1.76 bits per heavy atom. The van der Waals surface area contributed by atoms with Gasteiger partial charge in [0.25, 0.3) is 0 Å². The summed E-state index contributed by atoms with van der Waals surface area (Å²) >= 11 is 0. The first kappa shape index (κ1) is 14.6. The summed E-state index contributed by atoms with van der Waals surface area (Å²) in [6, 6.07) is 0.664. The van der Waals surface area contributed by atoms with Gasteiger partial charge < -0.3 is 5.32 Å². The molecule has 1 rings (SSSR count). The van der Waals surface area contributed by atoms with Gasteiger partial charge in [-0.25, -0.2) is 0 Å². The molecule has 0 fully saturated rings. The Labute approximate surface area is 106 Å². The third kappa shape index (κ3) is 7.48. The molecule has 0 aromatic heterocycles. The van der Waals surface area contributed by atoms with Crippen molar-refractivity contribution in [1.82, 2.24) is 5.32 Å². The van der Waals surface area contributed by atoms with Crippen molar-refractivity contribution in [3.8, 4) is 0 Å². The van der Waals surface area contributed by atoms with Gasteiger partial charge in [-0.05, 0) is 39.7 Å². The Hall–Kier alpha value is -0.440. The molecule has 1 unspecified atom stereocenters. The summed E-state index contributed by atoms with van der Waals surface area (Å²) in [6.07, 6.45) is 10.5. The number of nitrogens with zero attached hydrogens (tertiary/aromatic N) is 2. The molecule has 0 aromatic rings. The average Bonchev–Trinajstić information content (AvgIpc) is 3.03. The lowest BCUT2D eigenvalue weighted by Crippen LogP contribution is -2.27. The molecule has 100 valence electrons. The van der Waals surface area contributed by atoms with Crippen molar-refractivity contribution >= 4 is 0 Å². The minimum Gasteiger partial charge on any atom is -0.314 e. The summed E-state index contributed by atoms with van der Waals surface area (Å²) in [6.45, 7) is 7.78. The minimum atomic E-state index is -0.00886. The highest BCUT2D eigenvalue weighted by molar-refractivity contribution is 4.87. The SMILES string of the molecule is CCCCCCCC(C)NCCCC1(C)N=N1. The van der Waals surface area contributed by atoms with Gasteiger partial charge in [0, 0.05) is 6.04 Å². The quantitative estimate of drug-likeness (QED) is 0.537. The van der Waals surface area contributed by atoms with Crippen LogP contribution in [0.5, 0.6) is 0 Å². The smallest absolute Gasteiger partial charge is 0.188 e. The molecular formula is C14H29N3. The fourth-order valence-corrected chi connectivity index (χ4v) is 2.11. The highest BCUT2D eigenvalue weighted by Crippen LogP contribution is 2.31. The normalized spacial score (nSPS) is 18.3. The highest BCUT2D eigenvalue weighted by Gasteiger charge is 2.32. The first-order valence-corrected chi connectivity index (χ1v) is 7.34. The number of rotatable bonds is 11. The van der Waals surface area contributed by atoms with Crippen LogP contribution >= 0.6 is 0 Å². The topological polar surface area (TPSA) is 36.8 Å². The Balaban J connectivity index is 1.82. The van der Waals surface area contributed by atoms with Crippen molar-refractivity contribution in [1.29, 1.82) is 0 Å². The van der Waals surface area contributed by atoms with E-state index in [0.717, 1.165) is 13.0 Å². The predicted octanol–water partition coefficient (Wildman–Crippen LogP) is 4.29. The minimum absolute atomic E-state index is 0.00886. The van der Waals surface area contributed by atoms with Crippen molar-refractivity contribution in [2.45, 2.75) is 83.8 Å². The molecule has 1 aliphatic rings. The lowest BCUT2D eigenvalue weighted by Gasteiger charge is -2.13. The van der Waals surface area contributed by atoms with Crippen molar-refractivity contribution < 1.29 is 0 Å². The second-order valence-corrected chi connectivity index (χ2v) is 5.58. The Morgan fingerprint density at radius 3 is 2.41 bits per heavy atom. The van der Waals surface area contributed by atoms with E-state index in [1.54, 1.807) is 0 Å².